The fourth-order valence-electron chi connectivity index (χ4n) is 1.52. The second kappa shape index (κ2) is 10.6. The minimum Gasteiger partial charge on any atom is -0.497 e. The van der Waals surface area contributed by atoms with Crippen LogP contribution in [0.3, 0.4) is 0 Å². The van der Waals surface area contributed by atoms with Gasteiger partial charge in [-0.3, -0.25) is 0 Å². The summed E-state index contributed by atoms with van der Waals surface area (Å²) < 4.78 is 10.6. The van der Waals surface area contributed by atoms with Crippen LogP contribution in [-0.4, -0.2) is 49.5 Å². The van der Waals surface area contributed by atoms with Crippen LogP contribution in [-0.2, 0) is 0 Å². The standard InChI is InChI=1S/C15H23NO3S/c1-3-8-20-9-7-16-11-13(17)12-19-15-6-4-5-14(10-15)18-2/h3-6,10,13,16-17H,1,7-9,11-12H2,2H3. The van der Waals surface area contributed by atoms with E-state index in [0.717, 1.165) is 23.8 Å². The maximum atomic E-state index is 9.80. The molecule has 0 aromatic heterocycles. The highest BCUT2D eigenvalue weighted by Gasteiger charge is 2.05. The molecule has 112 valence electrons. The van der Waals surface area contributed by atoms with Crippen LogP contribution in [0.25, 0.3) is 0 Å². The zero-order valence-corrected chi connectivity index (χ0v) is 12.7. The van der Waals surface area contributed by atoms with Gasteiger partial charge in [0.2, 0.25) is 0 Å². The van der Waals surface area contributed by atoms with E-state index in [4.69, 9.17) is 9.47 Å². The molecule has 0 heterocycles. The van der Waals surface area contributed by atoms with Gasteiger partial charge in [-0.05, 0) is 12.1 Å². The normalized spacial score (nSPS) is 11.9. The number of benzene rings is 1. The summed E-state index contributed by atoms with van der Waals surface area (Å²) in [5.41, 5.74) is 0. The van der Waals surface area contributed by atoms with Gasteiger partial charge in [-0.15, -0.1) is 6.58 Å². The SMILES string of the molecule is C=CCSCCNCC(O)COc1cccc(OC)c1. The third-order valence-corrected chi connectivity index (χ3v) is 3.49. The predicted octanol–water partition coefficient (Wildman–Crippen LogP) is 1.94. The molecule has 20 heavy (non-hydrogen) atoms. The molecule has 0 aliphatic carbocycles. The van der Waals surface area contributed by atoms with Gasteiger partial charge in [-0.1, -0.05) is 12.1 Å². The molecule has 4 nitrogen and oxygen atoms in total. The number of thioether (sulfide) groups is 1. The lowest BCUT2D eigenvalue weighted by molar-refractivity contribution is 0.107. The molecule has 2 N–H and O–H groups in total. The Hall–Kier alpha value is -1.17. The van der Waals surface area contributed by atoms with Crippen LogP contribution in [0, 0.1) is 0 Å². The molecule has 1 aromatic rings. The maximum Gasteiger partial charge on any atom is 0.123 e. The van der Waals surface area contributed by atoms with E-state index < -0.39 is 6.10 Å². The van der Waals surface area contributed by atoms with Crippen LogP contribution in [0.5, 0.6) is 11.5 Å². The Labute approximate surface area is 125 Å². The van der Waals surface area contributed by atoms with Crippen LogP contribution in [0.4, 0.5) is 0 Å². The molecular weight excluding hydrogens is 274 g/mol. The minimum absolute atomic E-state index is 0.264. The van der Waals surface area contributed by atoms with E-state index in [2.05, 4.69) is 11.9 Å². The Bertz CT molecular complexity index is 387. The first kappa shape index (κ1) is 16.9. The first-order chi connectivity index (χ1) is 9.76. The van der Waals surface area contributed by atoms with Crippen LogP contribution in [0.15, 0.2) is 36.9 Å². The molecule has 0 radical (unpaired) electrons. The van der Waals surface area contributed by atoms with E-state index in [1.165, 1.54) is 0 Å². The first-order valence-corrected chi connectivity index (χ1v) is 7.76. The highest BCUT2D eigenvalue weighted by Crippen LogP contribution is 2.18. The Morgan fingerprint density at radius 3 is 3.00 bits per heavy atom. The highest BCUT2D eigenvalue weighted by molar-refractivity contribution is 7.99. The van der Waals surface area contributed by atoms with Crippen molar-refractivity contribution in [3.8, 4) is 11.5 Å². The van der Waals surface area contributed by atoms with Gasteiger partial charge in [0, 0.05) is 30.7 Å². The Balaban J connectivity index is 2.12. The molecule has 1 rings (SSSR count). The van der Waals surface area contributed by atoms with Crippen LogP contribution < -0.4 is 14.8 Å². The summed E-state index contributed by atoms with van der Waals surface area (Å²) >= 11 is 1.81. The molecular formula is C15H23NO3S. The van der Waals surface area contributed by atoms with Crippen LogP contribution in [0.2, 0.25) is 0 Å². The zero-order valence-electron chi connectivity index (χ0n) is 11.9. The van der Waals surface area contributed by atoms with E-state index in [-0.39, 0.29) is 6.61 Å². The van der Waals surface area contributed by atoms with Gasteiger partial charge in [0.1, 0.15) is 24.2 Å². The van der Waals surface area contributed by atoms with Crippen molar-refractivity contribution in [2.75, 3.05) is 38.3 Å². The smallest absolute Gasteiger partial charge is 0.123 e. The number of ether oxygens (including phenoxy) is 2. The van der Waals surface area contributed by atoms with Crippen LogP contribution in [0.1, 0.15) is 0 Å². The van der Waals surface area contributed by atoms with Gasteiger partial charge in [0.05, 0.1) is 7.11 Å². The molecule has 0 saturated carbocycles. The van der Waals surface area contributed by atoms with Crippen molar-refractivity contribution in [1.29, 1.82) is 0 Å². The molecule has 0 spiro atoms. The fourth-order valence-corrected chi connectivity index (χ4v) is 2.14. The molecule has 0 fully saturated rings. The van der Waals surface area contributed by atoms with Gasteiger partial charge in [0.25, 0.3) is 0 Å². The lowest BCUT2D eigenvalue weighted by atomic mass is 10.3. The molecule has 5 heteroatoms. The highest BCUT2D eigenvalue weighted by atomic mass is 32.2. The number of nitrogens with one attached hydrogen (secondary N) is 1. The van der Waals surface area contributed by atoms with Gasteiger partial charge in [-0.25, -0.2) is 0 Å². The average Bonchev–Trinajstić information content (AvgIpc) is 2.49. The lowest BCUT2D eigenvalue weighted by Crippen LogP contribution is -2.32. The summed E-state index contributed by atoms with van der Waals surface area (Å²) in [4.78, 5) is 0. The van der Waals surface area contributed by atoms with E-state index >= 15 is 0 Å². The second-order valence-corrected chi connectivity index (χ2v) is 5.36. The number of methoxy groups -OCH3 is 1. The van der Waals surface area contributed by atoms with Crippen molar-refractivity contribution in [3.63, 3.8) is 0 Å². The number of hydrogen-bond acceptors (Lipinski definition) is 5. The molecule has 1 atom stereocenters. The number of hydrogen-bond donors (Lipinski definition) is 2. The zero-order chi connectivity index (χ0) is 14.6. The molecule has 0 saturated heterocycles. The Kier molecular flexibility index (Phi) is 8.95. The van der Waals surface area contributed by atoms with E-state index in [1.54, 1.807) is 13.2 Å². The summed E-state index contributed by atoms with van der Waals surface area (Å²) in [6, 6.07) is 7.35. The van der Waals surface area contributed by atoms with E-state index in [9.17, 15) is 5.11 Å². The Morgan fingerprint density at radius 2 is 2.25 bits per heavy atom. The quantitative estimate of drug-likeness (QED) is 0.483. The van der Waals surface area contributed by atoms with Crippen molar-refractivity contribution < 1.29 is 14.6 Å². The Morgan fingerprint density at radius 1 is 1.45 bits per heavy atom. The predicted molar refractivity (Wildman–Crippen MR) is 84.9 cm³/mol. The van der Waals surface area contributed by atoms with Gasteiger partial charge in [-0.2, -0.15) is 11.8 Å². The van der Waals surface area contributed by atoms with E-state index in [0.29, 0.717) is 12.3 Å². The molecule has 0 aliphatic rings. The second-order valence-electron chi connectivity index (χ2n) is 4.21. The summed E-state index contributed by atoms with van der Waals surface area (Å²) in [6.07, 6.45) is 1.37. The maximum absolute atomic E-state index is 9.80. The van der Waals surface area contributed by atoms with Crippen molar-refractivity contribution in [2.24, 2.45) is 0 Å². The van der Waals surface area contributed by atoms with Gasteiger partial charge >= 0.3 is 0 Å². The molecule has 0 bridgehead atoms. The third-order valence-electron chi connectivity index (χ3n) is 2.52. The lowest BCUT2D eigenvalue weighted by Gasteiger charge is -2.13. The summed E-state index contributed by atoms with van der Waals surface area (Å²) in [7, 11) is 1.61. The molecule has 0 aliphatic heterocycles. The number of rotatable bonds is 11. The van der Waals surface area contributed by atoms with Crippen LogP contribution >= 0.6 is 11.8 Å². The number of aliphatic hydroxyl groups excluding tert-OH is 1. The molecule has 1 unspecified atom stereocenters. The van der Waals surface area contributed by atoms with Crippen molar-refractivity contribution in [2.45, 2.75) is 6.10 Å². The number of aliphatic hydroxyl groups is 1. The van der Waals surface area contributed by atoms with Crippen molar-refractivity contribution >= 4 is 11.8 Å². The molecule has 1 aromatic carbocycles. The molecule has 0 amide bonds. The summed E-state index contributed by atoms with van der Waals surface area (Å²) in [6.45, 7) is 5.33. The minimum atomic E-state index is -0.523. The van der Waals surface area contributed by atoms with E-state index in [1.807, 2.05) is 36.0 Å². The average molecular weight is 297 g/mol. The first-order valence-electron chi connectivity index (χ1n) is 6.60. The summed E-state index contributed by atoms with van der Waals surface area (Å²) in [5, 5.41) is 13.0. The monoisotopic (exact) mass is 297 g/mol. The largest absolute Gasteiger partial charge is 0.497 e. The van der Waals surface area contributed by atoms with Crippen molar-refractivity contribution in [3.05, 3.63) is 36.9 Å². The summed E-state index contributed by atoms with van der Waals surface area (Å²) in [5.74, 6) is 3.41. The van der Waals surface area contributed by atoms with Gasteiger partial charge < -0.3 is 19.9 Å². The fraction of sp³-hybridized carbons (Fsp3) is 0.467. The third kappa shape index (κ3) is 7.43. The topological polar surface area (TPSA) is 50.7 Å². The van der Waals surface area contributed by atoms with Gasteiger partial charge in [0.15, 0.2) is 0 Å². The van der Waals surface area contributed by atoms with Crippen molar-refractivity contribution in [1.82, 2.24) is 5.32 Å².